The van der Waals surface area contributed by atoms with Gasteiger partial charge in [-0.25, -0.2) is 0 Å². The van der Waals surface area contributed by atoms with E-state index < -0.39 is 0 Å². The molecule has 2 heteroatoms. The van der Waals surface area contributed by atoms with Crippen molar-refractivity contribution in [3.8, 4) is 0 Å². The van der Waals surface area contributed by atoms with Crippen LogP contribution in [0.1, 0.15) is 48.0 Å². The summed E-state index contributed by atoms with van der Waals surface area (Å²) < 4.78 is 11.4. The molecule has 0 N–H and O–H groups in total. The highest BCUT2D eigenvalue weighted by Crippen LogP contribution is 2.30. The second-order valence-electron chi connectivity index (χ2n) is 4.42. The first-order valence-corrected chi connectivity index (χ1v) is 6.33. The minimum atomic E-state index is -0.233. The highest BCUT2D eigenvalue weighted by atomic mass is 16.7. The smallest absolute Gasteiger partial charge is 0.184 e. The molecular formula is C15H24O2. The van der Waals surface area contributed by atoms with Gasteiger partial charge >= 0.3 is 0 Å². The third-order valence-corrected chi connectivity index (χ3v) is 3.30. The lowest BCUT2D eigenvalue weighted by molar-refractivity contribution is -0.140. The Morgan fingerprint density at radius 1 is 0.882 bits per heavy atom. The number of hydrogen-bond acceptors (Lipinski definition) is 2. The molecule has 0 aliphatic heterocycles. The molecule has 0 unspecified atom stereocenters. The van der Waals surface area contributed by atoms with Crippen LogP contribution < -0.4 is 0 Å². The van der Waals surface area contributed by atoms with Gasteiger partial charge in [0.15, 0.2) is 6.29 Å². The van der Waals surface area contributed by atoms with Crippen LogP contribution in [0.15, 0.2) is 6.07 Å². The molecule has 2 nitrogen and oxygen atoms in total. The maximum Gasteiger partial charge on any atom is 0.184 e. The van der Waals surface area contributed by atoms with Gasteiger partial charge in [-0.3, -0.25) is 0 Å². The van der Waals surface area contributed by atoms with Crippen LogP contribution in [0.2, 0.25) is 0 Å². The van der Waals surface area contributed by atoms with Crippen molar-refractivity contribution in [2.24, 2.45) is 0 Å². The Kier molecular flexibility index (Phi) is 5.16. The summed E-state index contributed by atoms with van der Waals surface area (Å²) in [5, 5.41) is 0. The molecule has 1 rings (SSSR count). The Labute approximate surface area is 105 Å². The summed E-state index contributed by atoms with van der Waals surface area (Å²) in [5.74, 6) is 0. The molecule has 17 heavy (non-hydrogen) atoms. The van der Waals surface area contributed by atoms with E-state index in [0.717, 1.165) is 0 Å². The van der Waals surface area contributed by atoms with Crippen molar-refractivity contribution in [3.05, 3.63) is 33.9 Å². The summed E-state index contributed by atoms with van der Waals surface area (Å²) in [7, 11) is 0. The van der Waals surface area contributed by atoms with Gasteiger partial charge in [-0.05, 0) is 63.8 Å². The van der Waals surface area contributed by atoms with Crippen molar-refractivity contribution in [1.82, 2.24) is 0 Å². The summed E-state index contributed by atoms with van der Waals surface area (Å²) in [4.78, 5) is 0. The third kappa shape index (κ3) is 3.08. The molecule has 0 atom stereocenters. The first-order valence-electron chi connectivity index (χ1n) is 6.33. The fraction of sp³-hybridized carbons (Fsp3) is 0.600. The topological polar surface area (TPSA) is 18.5 Å². The van der Waals surface area contributed by atoms with Gasteiger partial charge in [0, 0.05) is 18.8 Å². The number of hydrogen-bond donors (Lipinski definition) is 0. The van der Waals surface area contributed by atoms with Gasteiger partial charge in [0.05, 0.1) is 0 Å². The van der Waals surface area contributed by atoms with Crippen molar-refractivity contribution in [2.45, 2.75) is 47.8 Å². The molecule has 0 aromatic heterocycles. The van der Waals surface area contributed by atoms with Crippen LogP contribution in [-0.2, 0) is 9.47 Å². The molecule has 0 bridgehead atoms. The molecule has 0 fully saturated rings. The number of ether oxygens (including phenoxy) is 2. The Balaban J connectivity index is 3.25. The summed E-state index contributed by atoms with van der Waals surface area (Å²) in [6.07, 6.45) is -0.233. The number of aryl methyl sites for hydroxylation is 2. The molecule has 0 heterocycles. The third-order valence-electron chi connectivity index (χ3n) is 3.30. The van der Waals surface area contributed by atoms with E-state index >= 15 is 0 Å². The van der Waals surface area contributed by atoms with E-state index in [1.165, 1.54) is 27.8 Å². The average molecular weight is 236 g/mol. The molecule has 0 aliphatic carbocycles. The normalized spacial score (nSPS) is 11.2. The van der Waals surface area contributed by atoms with Crippen molar-refractivity contribution >= 4 is 0 Å². The molecule has 0 saturated heterocycles. The Bertz CT molecular complexity index is 351. The van der Waals surface area contributed by atoms with Gasteiger partial charge in [0.25, 0.3) is 0 Å². The standard InChI is InChI=1S/C15H24O2/c1-7-16-15(17-8-2)14-12(5)10(3)9-11(4)13(14)6/h9,15H,7-8H2,1-6H3. The molecule has 1 aromatic carbocycles. The summed E-state index contributed by atoms with van der Waals surface area (Å²) in [6.45, 7) is 13.9. The van der Waals surface area contributed by atoms with Crippen molar-refractivity contribution in [2.75, 3.05) is 13.2 Å². The van der Waals surface area contributed by atoms with Crippen molar-refractivity contribution in [3.63, 3.8) is 0 Å². The van der Waals surface area contributed by atoms with Gasteiger partial charge in [-0.2, -0.15) is 0 Å². The lowest BCUT2D eigenvalue weighted by atomic mass is 9.94. The zero-order valence-electron chi connectivity index (χ0n) is 11.9. The first-order chi connectivity index (χ1) is 8.02. The Morgan fingerprint density at radius 2 is 1.29 bits per heavy atom. The molecular weight excluding hydrogens is 212 g/mol. The lowest BCUT2D eigenvalue weighted by Gasteiger charge is -2.23. The summed E-state index contributed by atoms with van der Waals surface area (Å²) in [5.41, 5.74) is 6.35. The zero-order valence-corrected chi connectivity index (χ0v) is 11.9. The fourth-order valence-electron chi connectivity index (χ4n) is 2.12. The largest absolute Gasteiger partial charge is 0.349 e. The maximum absolute atomic E-state index is 5.72. The van der Waals surface area contributed by atoms with Gasteiger partial charge < -0.3 is 9.47 Å². The molecule has 0 spiro atoms. The van der Waals surface area contributed by atoms with Gasteiger partial charge in [0.2, 0.25) is 0 Å². The highest BCUT2D eigenvalue weighted by Gasteiger charge is 2.19. The van der Waals surface area contributed by atoms with E-state index in [0.29, 0.717) is 13.2 Å². The monoisotopic (exact) mass is 236 g/mol. The second kappa shape index (κ2) is 6.18. The Morgan fingerprint density at radius 3 is 1.65 bits per heavy atom. The van der Waals surface area contributed by atoms with Crippen LogP contribution in [0.25, 0.3) is 0 Å². The fourth-order valence-corrected chi connectivity index (χ4v) is 2.12. The van der Waals surface area contributed by atoms with E-state index in [-0.39, 0.29) is 6.29 Å². The molecule has 0 amide bonds. The first kappa shape index (κ1) is 14.2. The van der Waals surface area contributed by atoms with E-state index in [2.05, 4.69) is 33.8 Å². The molecule has 0 aliphatic rings. The van der Waals surface area contributed by atoms with E-state index in [4.69, 9.17) is 9.47 Å². The van der Waals surface area contributed by atoms with E-state index in [1.54, 1.807) is 0 Å². The zero-order chi connectivity index (χ0) is 13.0. The van der Waals surface area contributed by atoms with Gasteiger partial charge in [-0.15, -0.1) is 0 Å². The predicted molar refractivity (Wildman–Crippen MR) is 71.4 cm³/mol. The number of benzene rings is 1. The number of rotatable bonds is 5. The van der Waals surface area contributed by atoms with Gasteiger partial charge in [-0.1, -0.05) is 6.07 Å². The van der Waals surface area contributed by atoms with Crippen molar-refractivity contribution < 1.29 is 9.47 Å². The SMILES string of the molecule is CCOC(OCC)c1c(C)c(C)cc(C)c1C. The van der Waals surface area contributed by atoms with Crippen LogP contribution in [0.5, 0.6) is 0 Å². The van der Waals surface area contributed by atoms with E-state index in [1.807, 2.05) is 13.8 Å². The average Bonchev–Trinajstić information content (AvgIpc) is 2.27. The lowest BCUT2D eigenvalue weighted by Crippen LogP contribution is -2.13. The van der Waals surface area contributed by atoms with Crippen LogP contribution in [0, 0.1) is 27.7 Å². The van der Waals surface area contributed by atoms with Crippen LogP contribution >= 0.6 is 0 Å². The molecule has 1 aromatic rings. The molecule has 0 radical (unpaired) electrons. The van der Waals surface area contributed by atoms with Crippen LogP contribution in [-0.4, -0.2) is 13.2 Å². The molecule has 96 valence electrons. The van der Waals surface area contributed by atoms with E-state index in [9.17, 15) is 0 Å². The van der Waals surface area contributed by atoms with Crippen LogP contribution in [0.4, 0.5) is 0 Å². The Hall–Kier alpha value is -0.860. The quantitative estimate of drug-likeness (QED) is 0.720. The molecule has 0 saturated carbocycles. The minimum Gasteiger partial charge on any atom is -0.349 e. The van der Waals surface area contributed by atoms with Crippen LogP contribution in [0.3, 0.4) is 0 Å². The van der Waals surface area contributed by atoms with Gasteiger partial charge in [0.1, 0.15) is 0 Å². The summed E-state index contributed by atoms with van der Waals surface area (Å²) in [6, 6.07) is 2.23. The van der Waals surface area contributed by atoms with Crippen molar-refractivity contribution in [1.29, 1.82) is 0 Å². The highest BCUT2D eigenvalue weighted by molar-refractivity contribution is 5.44. The second-order valence-corrected chi connectivity index (χ2v) is 4.42. The maximum atomic E-state index is 5.72. The predicted octanol–water partition coefficient (Wildman–Crippen LogP) is 3.99. The summed E-state index contributed by atoms with van der Waals surface area (Å²) >= 11 is 0. The minimum absolute atomic E-state index is 0.233.